The summed E-state index contributed by atoms with van der Waals surface area (Å²) >= 11 is 0. The van der Waals surface area contributed by atoms with Crippen LogP contribution in [0.25, 0.3) is 0 Å². The van der Waals surface area contributed by atoms with Gasteiger partial charge in [-0.15, -0.1) is 0 Å². The number of carbonyl (C=O) groups is 2. The summed E-state index contributed by atoms with van der Waals surface area (Å²) in [6.45, 7) is 2.37. The zero-order valence-electron chi connectivity index (χ0n) is 11.5. The van der Waals surface area contributed by atoms with E-state index in [-0.39, 0.29) is 11.8 Å². The number of aliphatic imine (C=N–C) groups is 1. The number of benzene rings is 1. The Labute approximate surface area is 117 Å². The molecule has 0 saturated heterocycles. The van der Waals surface area contributed by atoms with Crippen molar-refractivity contribution < 1.29 is 14.3 Å². The Morgan fingerprint density at radius 2 is 2.20 bits per heavy atom. The molecular formula is C14H17N3O3. The predicted molar refractivity (Wildman–Crippen MR) is 74.8 cm³/mol. The van der Waals surface area contributed by atoms with Gasteiger partial charge in [-0.2, -0.15) is 0 Å². The van der Waals surface area contributed by atoms with Crippen molar-refractivity contribution in [3.05, 3.63) is 35.4 Å². The van der Waals surface area contributed by atoms with Crippen molar-refractivity contribution >= 4 is 17.8 Å². The second kappa shape index (κ2) is 6.18. The van der Waals surface area contributed by atoms with Crippen LogP contribution in [0.3, 0.4) is 0 Å². The molecule has 2 N–H and O–H groups in total. The molecule has 1 unspecified atom stereocenters. The van der Waals surface area contributed by atoms with Gasteiger partial charge in [-0.05, 0) is 5.56 Å². The van der Waals surface area contributed by atoms with Gasteiger partial charge in [0.1, 0.15) is 0 Å². The molecule has 0 bridgehead atoms. The number of hydrogen-bond acceptors (Lipinski definition) is 5. The van der Waals surface area contributed by atoms with Crippen LogP contribution in [0.4, 0.5) is 4.79 Å². The number of methoxy groups -OCH3 is 1. The molecule has 106 valence electrons. The van der Waals surface area contributed by atoms with Crippen LogP contribution in [0.1, 0.15) is 35.3 Å². The van der Waals surface area contributed by atoms with Gasteiger partial charge in [0.25, 0.3) is 0 Å². The van der Waals surface area contributed by atoms with Crippen molar-refractivity contribution in [3.63, 3.8) is 0 Å². The molecule has 6 nitrogen and oxygen atoms in total. The Balaban J connectivity index is 2.21. The molecular weight excluding hydrogens is 258 g/mol. The van der Waals surface area contributed by atoms with Gasteiger partial charge in [0.15, 0.2) is 5.78 Å². The number of alkyl carbamates (subject to hydrolysis) is 1. The van der Waals surface area contributed by atoms with Crippen LogP contribution in [0.2, 0.25) is 0 Å². The highest BCUT2D eigenvalue weighted by molar-refractivity contribution is 5.98. The number of Topliss-reactive ketones (excluding diaryl/α,β-unsaturated/α-hetero) is 1. The van der Waals surface area contributed by atoms with Crippen molar-refractivity contribution in [1.82, 2.24) is 10.6 Å². The molecule has 0 aromatic heterocycles. The number of nitrogens with one attached hydrogen (secondary N) is 2. The molecule has 1 aromatic carbocycles. The normalized spacial score (nSPS) is 17.1. The number of ether oxygens (including phenoxy) is 1. The third kappa shape index (κ3) is 2.96. The van der Waals surface area contributed by atoms with E-state index >= 15 is 0 Å². The quantitative estimate of drug-likeness (QED) is 0.822. The second-order valence-corrected chi connectivity index (χ2v) is 4.35. The van der Waals surface area contributed by atoms with Crippen LogP contribution in [-0.4, -0.2) is 31.5 Å². The number of guanidine groups is 1. The van der Waals surface area contributed by atoms with Gasteiger partial charge in [0.2, 0.25) is 5.96 Å². The molecule has 6 heteroatoms. The lowest BCUT2D eigenvalue weighted by Crippen LogP contribution is -2.37. The monoisotopic (exact) mass is 275 g/mol. The minimum absolute atomic E-state index is 0.0881. The molecule has 0 spiro atoms. The molecule has 1 atom stereocenters. The van der Waals surface area contributed by atoms with Crippen LogP contribution >= 0.6 is 0 Å². The molecule has 0 saturated carbocycles. The number of ketones is 1. The maximum absolute atomic E-state index is 11.9. The predicted octanol–water partition coefficient (Wildman–Crippen LogP) is 1.64. The van der Waals surface area contributed by atoms with Crippen molar-refractivity contribution in [1.29, 1.82) is 0 Å². The molecule has 0 radical (unpaired) electrons. The van der Waals surface area contributed by atoms with E-state index in [0.29, 0.717) is 24.5 Å². The van der Waals surface area contributed by atoms with E-state index < -0.39 is 6.09 Å². The van der Waals surface area contributed by atoms with E-state index in [0.717, 1.165) is 5.56 Å². The molecule has 1 aliphatic rings. The summed E-state index contributed by atoms with van der Waals surface area (Å²) in [6, 6.07) is 7.23. The summed E-state index contributed by atoms with van der Waals surface area (Å²) in [4.78, 5) is 27.4. The molecule has 2 rings (SSSR count). The highest BCUT2D eigenvalue weighted by Gasteiger charge is 2.23. The summed E-state index contributed by atoms with van der Waals surface area (Å²) in [5, 5.41) is 5.47. The third-order valence-corrected chi connectivity index (χ3v) is 3.09. The van der Waals surface area contributed by atoms with Crippen LogP contribution in [0.5, 0.6) is 0 Å². The zero-order valence-corrected chi connectivity index (χ0v) is 11.5. The maximum Gasteiger partial charge on any atom is 0.413 e. The summed E-state index contributed by atoms with van der Waals surface area (Å²) in [7, 11) is 1.29. The van der Waals surface area contributed by atoms with Crippen LogP contribution in [0, 0.1) is 0 Å². The first-order chi connectivity index (χ1) is 9.65. The fraction of sp³-hybridized carbons (Fsp3) is 0.357. The average molecular weight is 275 g/mol. The topological polar surface area (TPSA) is 79.8 Å². The van der Waals surface area contributed by atoms with Crippen LogP contribution < -0.4 is 10.6 Å². The summed E-state index contributed by atoms with van der Waals surface area (Å²) in [6.07, 6.45) is -0.122. The Bertz CT molecular complexity index is 554. The average Bonchev–Trinajstić information content (AvgIpc) is 2.94. The standard InChI is InChI=1S/C14H17N3O3/c1-3-12(18)10-7-5-4-6-9(10)11-8-15-13(16-11)17-14(19)20-2/h4-7,11H,3,8H2,1-2H3,(H2,15,16,17,19). The second-order valence-electron chi connectivity index (χ2n) is 4.35. The number of carbonyl (C=O) groups excluding carboxylic acids is 2. The van der Waals surface area contributed by atoms with E-state index in [1.807, 2.05) is 31.2 Å². The van der Waals surface area contributed by atoms with Gasteiger partial charge in [0, 0.05) is 18.5 Å². The summed E-state index contributed by atoms with van der Waals surface area (Å²) < 4.78 is 4.51. The van der Waals surface area contributed by atoms with E-state index in [2.05, 4.69) is 20.4 Å². The molecule has 0 fully saturated rings. The summed E-state index contributed by atoms with van der Waals surface area (Å²) in [5.74, 6) is 0.450. The minimum Gasteiger partial charge on any atom is -0.453 e. The Morgan fingerprint density at radius 3 is 2.90 bits per heavy atom. The van der Waals surface area contributed by atoms with Crippen molar-refractivity contribution in [2.45, 2.75) is 19.4 Å². The highest BCUT2D eigenvalue weighted by Crippen LogP contribution is 2.24. The highest BCUT2D eigenvalue weighted by atomic mass is 16.5. The smallest absolute Gasteiger partial charge is 0.413 e. The van der Waals surface area contributed by atoms with Gasteiger partial charge >= 0.3 is 6.09 Å². The van der Waals surface area contributed by atoms with Crippen LogP contribution in [0.15, 0.2) is 29.3 Å². The van der Waals surface area contributed by atoms with Crippen LogP contribution in [-0.2, 0) is 4.74 Å². The lowest BCUT2D eigenvalue weighted by Gasteiger charge is -2.11. The van der Waals surface area contributed by atoms with Gasteiger partial charge in [-0.3, -0.25) is 10.1 Å². The fourth-order valence-corrected chi connectivity index (χ4v) is 2.08. The van der Waals surface area contributed by atoms with E-state index in [1.165, 1.54) is 7.11 Å². The molecule has 1 amide bonds. The SMILES string of the molecule is CCC(=O)c1ccccc1C1CNC(NC(=O)OC)=N1. The lowest BCUT2D eigenvalue weighted by atomic mass is 9.97. The van der Waals surface area contributed by atoms with E-state index in [9.17, 15) is 9.59 Å². The number of hydrogen-bond donors (Lipinski definition) is 2. The molecule has 1 aliphatic heterocycles. The Hall–Kier alpha value is -2.37. The Kier molecular flexibility index (Phi) is 4.34. The van der Waals surface area contributed by atoms with Gasteiger partial charge in [-0.25, -0.2) is 9.79 Å². The number of amides is 1. The van der Waals surface area contributed by atoms with Crippen molar-refractivity contribution in [2.24, 2.45) is 4.99 Å². The zero-order chi connectivity index (χ0) is 14.5. The van der Waals surface area contributed by atoms with Gasteiger partial charge < -0.3 is 10.1 Å². The van der Waals surface area contributed by atoms with Gasteiger partial charge in [0.05, 0.1) is 13.2 Å². The summed E-state index contributed by atoms with van der Waals surface area (Å²) in [5.41, 5.74) is 1.55. The number of nitrogens with zero attached hydrogens (tertiary/aromatic N) is 1. The lowest BCUT2D eigenvalue weighted by molar-refractivity contribution is 0.0987. The fourth-order valence-electron chi connectivity index (χ4n) is 2.08. The van der Waals surface area contributed by atoms with E-state index in [1.54, 1.807) is 0 Å². The first-order valence-electron chi connectivity index (χ1n) is 6.44. The molecule has 1 heterocycles. The van der Waals surface area contributed by atoms with E-state index in [4.69, 9.17) is 0 Å². The van der Waals surface area contributed by atoms with Gasteiger partial charge in [-0.1, -0.05) is 31.2 Å². The van der Waals surface area contributed by atoms with Crippen molar-refractivity contribution in [2.75, 3.05) is 13.7 Å². The first-order valence-corrected chi connectivity index (χ1v) is 6.44. The Morgan fingerprint density at radius 1 is 1.45 bits per heavy atom. The molecule has 20 heavy (non-hydrogen) atoms. The van der Waals surface area contributed by atoms with Crippen molar-refractivity contribution in [3.8, 4) is 0 Å². The largest absolute Gasteiger partial charge is 0.453 e. The third-order valence-electron chi connectivity index (χ3n) is 3.09. The molecule has 1 aromatic rings. The molecule has 0 aliphatic carbocycles. The minimum atomic E-state index is -0.574. The number of rotatable bonds is 3. The first kappa shape index (κ1) is 14.0. The maximum atomic E-state index is 11.9.